The van der Waals surface area contributed by atoms with Gasteiger partial charge in [0, 0.05) is 28.4 Å². The number of hydrogen-bond acceptors (Lipinski definition) is 4. The van der Waals surface area contributed by atoms with E-state index in [2.05, 4.69) is 0 Å². The Hall–Kier alpha value is -1.88. The quantitative estimate of drug-likeness (QED) is 0.812. The fraction of sp³-hybridized carbons (Fsp3) is 0.214. The minimum absolute atomic E-state index is 0.102. The highest BCUT2D eigenvalue weighted by Crippen LogP contribution is 2.37. The second-order valence-corrected chi connectivity index (χ2v) is 5.60. The normalized spacial score (nSPS) is 14.3. The fourth-order valence-electron chi connectivity index (χ4n) is 2.16. The molecule has 1 aliphatic rings. The van der Waals surface area contributed by atoms with E-state index >= 15 is 0 Å². The number of fused-ring (bicyclic) bond motifs is 1. The van der Waals surface area contributed by atoms with Crippen molar-refractivity contribution in [1.29, 1.82) is 0 Å². The summed E-state index contributed by atoms with van der Waals surface area (Å²) in [7, 11) is 0. The lowest BCUT2D eigenvalue weighted by Crippen LogP contribution is -2.35. The molecule has 2 aromatic rings. The van der Waals surface area contributed by atoms with Crippen LogP contribution in [-0.2, 0) is 0 Å². The highest BCUT2D eigenvalue weighted by Gasteiger charge is 2.26. The van der Waals surface area contributed by atoms with Crippen molar-refractivity contribution in [3.63, 3.8) is 0 Å². The van der Waals surface area contributed by atoms with E-state index in [0.717, 1.165) is 21.9 Å². The van der Waals surface area contributed by atoms with Crippen LogP contribution in [0.3, 0.4) is 0 Å². The molecule has 0 fully saturated rings. The van der Waals surface area contributed by atoms with E-state index in [0.29, 0.717) is 18.0 Å². The molecule has 1 aliphatic heterocycles. The first-order chi connectivity index (χ1) is 9.16. The van der Waals surface area contributed by atoms with Gasteiger partial charge in [-0.1, -0.05) is 0 Å². The van der Waals surface area contributed by atoms with Crippen LogP contribution in [0.25, 0.3) is 0 Å². The zero-order valence-electron chi connectivity index (χ0n) is 10.6. The van der Waals surface area contributed by atoms with Crippen LogP contribution in [0.15, 0.2) is 39.8 Å². The van der Waals surface area contributed by atoms with Gasteiger partial charge in [-0.15, -0.1) is 11.8 Å². The number of rotatable bonds is 1. The van der Waals surface area contributed by atoms with Gasteiger partial charge >= 0.3 is 0 Å². The van der Waals surface area contributed by atoms with Gasteiger partial charge in [-0.2, -0.15) is 0 Å². The van der Waals surface area contributed by atoms with E-state index < -0.39 is 0 Å². The molecule has 3 rings (SSSR count). The van der Waals surface area contributed by atoms with Gasteiger partial charge in [0.25, 0.3) is 5.91 Å². The molecule has 0 radical (unpaired) electrons. The van der Waals surface area contributed by atoms with Gasteiger partial charge in [0.1, 0.15) is 0 Å². The molecular weight excluding hydrogens is 260 g/mol. The minimum Gasteiger partial charge on any atom is -0.459 e. The van der Waals surface area contributed by atoms with Crippen LogP contribution in [-0.4, -0.2) is 18.2 Å². The Morgan fingerprint density at radius 3 is 3.00 bits per heavy atom. The summed E-state index contributed by atoms with van der Waals surface area (Å²) in [4.78, 5) is 15.4. The third kappa shape index (κ3) is 2.10. The van der Waals surface area contributed by atoms with Crippen molar-refractivity contribution in [2.45, 2.75) is 11.8 Å². The number of aryl methyl sites for hydroxylation is 1. The lowest BCUT2D eigenvalue weighted by Gasteiger charge is -2.28. The van der Waals surface area contributed by atoms with Crippen molar-refractivity contribution in [2.24, 2.45) is 0 Å². The molecule has 1 amide bonds. The van der Waals surface area contributed by atoms with Crippen LogP contribution >= 0.6 is 11.8 Å². The van der Waals surface area contributed by atoms with Crippen LogP contribution in [0, 0.1) is 6.92 Å². The van der Waals surface area contributed by atoms with Gasteiger partial charge in [-0.05, 0) is 31.2 Å². The second-order valence-electron chi connectivity index (χ2n) is 4.47. The summed E-state index contributed by atoms with van der Waals surface area (Å²) in [6, 6.07) is 7.46. The van der Waals surface area contributed by atoms with E-state index in [1.54, 1.807) is 29.0 Å². The molecule has 0 bridgehead atoms. The van der Waals surface area contributed by atoms with E-state index in [1.807, 2.05) is 25.1 Å². The molecule has 98 valence electrons. The number of anilines is 2. The molecule has 5 heteroatoms. The summed E-state index contributed by atoms with van der Waals surface area (Å²) in [5, 5.41) is 0. The van der Waals surface area contributed by atoms with Gasteiger partial charge in [-0.25, -0.2) is 0 Å². The van der Waals surface area contributed by atoms with Crippen LogP contribution in [0.5, 0.6) is 0 Å². The number of furan rings is 1. The summed E-state index contributed by atoms with van der Waals surface area (Å²) in [6.45, 7) is 2.54. The predicted octanol–water partition coefficient (Wildman–Crippen LogP) is 2.92. The summed E-state index contributed by atoms with van der Waals surface area (Å²) in [5.74, 6) is 1.18. The number of nitrogens with two attached hydrogens (primary N) is 1. The first-order valence-electron chi connectivity index (χ1n) is 6.05. The largest absolute Gasteiger partial charge is 0.459 e. The lowest BCUT2D eigenvalue weighted by molar-refractivity contribution is 0.0960. The molecule has 0 saturated carbocycles. The van der Waals surface area contributed by atoms with E-state index in [4.69, 9.17) is 10.2 Å². The molecule has 1 aromatic carbocycles. The molecule has 0 atom stereocenters. The summed E-state index contributed by atoms with van der Waals surface area (Å²) < 4.78 is 5.30. The molecule has 0 aliphatic carbocycles. The molecule has 0 spiro atoms. The van der Waals surface area contributed by atoms with Crippen molar-refractivity contribution >= 4 is 29.0 Å². The molecule has 4 nitrogen and oxygen atoms in total. The first kappa shape index (κ1) is 12.2. The van der Waals surface area contributed by atoms with Crippen molar-refractivity contribution < 1.29 is 9.21 Å². The minimum atomic E-state index is -0.102. The number of thioether (sulfide) groups is 1. The van der Waals surface area contributed by atoms with Crippen molar-refractivity contribution in [2.75, 3.05) is 22.9 Å². The molecule has 2 heterocycles. The van der Waals surface area contributed by atoms with Crippen molar-refractivity contribution in [3.8, 4) is 0 Å². The fourth-order valence-corrected chi connectivity index (χ4v) is 3.14. The Morgan fingerprint density at radius 2 is 2.26 bits per heavy atom. The zero-order chi connectivity index (χ0) is 13.4. The number of nitrogen functional groups attached to an aromatic ring is 1. The third-order valence-electron chi connectivity index (χ3n) is 3.15. The Bertz CT molecular complexity index is 636. The maximum Gasteiger partial charge on any atom is 0.294 e. The Kier molecular flexibility index (Phi) is 2.98. The van der Waals surface area contributed by atoms with E-state index in [1.165, 1.54) is 0 Å². The van der Waals surface area contributed by atoms with Gasteiger partial charge < -0.3 is 15.1 Å². The van der Waals surface area contributed by atoms with Crippen LogP contribution in [0.2, 0.25) is 0 Å². The van der Waals surface area contributed by atoms with Crippen LogP contribution in [0.4, 0.5) is 11.4 Å². The Balaban J connectivity index is 2.02. The highest BCUT2D eigenvalue weighted by molar-refractivity contribution is 7.99. The molecule has 0 saturated heterocycles. The van der Waals surface area contributed by atoms with E-state index in [9.17, 15) is 4.79 Å². The maximum absolute atomic E-state index is 12.5. The van der Waals surface area contributed by atoms with Crippen LogP contribution in [0.1, 0.15) is 16.1 Å². The zero-order valence-corrected chi connectivity index (χ0v) is 11.4. The summed E-state index contributed by atoms with van der Waals surface area (Å²) in [6.07, 6.45) is 1.54. The number of hydrogen-bond donors (Lipinski definition) is 1. The van der Waals surface area contributed by atoms with Gasteiger partial charge in [0.05, 0.1) is 12.0 Å². The Morgan fingerprint density at radius 1 is 1.42 bits per heavy atom. The maximum atomic E-state index is 12.5. The van der Waals surface area contributed by atoms with Crippen LogP contribution < -0.4 is 10.6 Å². The number of amides is 1. The molecule has 1 aromatic heterocycles. The molecule has 19 heavy (non-hydrogen) atoms. The smallest absolute Gasteiger partial charge is 0.294 e. The monoisotopic (exact) mass is 274 g/mol. The predicted molar refractivity (Wildman–Crippen MR) is 76.7 cm³/mol. The number of carbonyl (C=O) groups is 1. The highest BCUT2D eigenvalue weighted by atomic mass is 32.2. The van der Waals surface area contributed by atoms with Crippen molar-refractivity contribution in [3.05, 3.63) is 41.9 Å². The van der Waals surface area contributed by atoms with Crippen molar-refractivity contribution in [1.82, 2.24) is 0 Å². The number of benzene rings is 1. The SMILES string of the molecule is Cc1ccoc1C(=O)N1CCSc2ccc(N)cc21. The second kappa shape index (κ2) is 4.66. The molecular formula is C14H14N2O2S. The average molecular weight is 274 g/mol. The topological polar surface area (TPSA) is 59.5 Å². The third-order valence-corrected chi connectivity index (χ3v) is 4.19. The molecule has 0 unspecified atom stereocenters. The lowest BCUT2D eigenvalue weighted by atomic mass is 10.2. The van der Waals surface area contributed by atoms with Gasteiger partial charge in [0.2, 0.25) is 0 Å². The van der Waals surface area contributed by atoms with Gasteiger partial charge in [0.15, 0.2) is 5.76 Å². The van der Waals surface area contributed by atoms with E-state index in [-0.39, 0.29) is 5.91 Å². The average Bonchev–Trinajstić information content (AvgIpc) is 2.83. The number of nitrogens with zero attached hydrogens (tertiary/aromatic N) is 1. The van der Waals surface area contributed by atoms with Gasteiger partial charge in [-0.3, -0.25) is 4.79 Å². The Labute approximate surface area is 115 Å². The first-order valence-corrected chi connectivity index (χ1v) is 7.03. The number of carbonyl (C=O) groups excluding carboxylic acids is 1. The summed E-state index contributed by atoms with van der Waals surface area (Å²) >= 11 is 1.74. The summed E-state index contributed by atoms with van der Waals surface area (Å²) in [5.41, 5.74) is 8.21. The molecule has 2 N–H and O–H groups in total. The standard InChI is InChI=1S/C14H14N2O2S/c1-9-4-6-18-13(9)14(17)16-5-7-19-12-3-2-10(15)8-11(12)16/h2-4,6,8H,5,7,15H2,1H3.